The second-order valence-corrected chi connectivity index (χ2v) is 4.55. The molecule has 0 amide bonds. The molecule has 0 spiro atoms. The number of hydrogen-bond acceptors (Lipinski definition) is 2. The van der Waals surface area contributed by atoms with E-state index in [1.165, 1.54) is 32.1 Å². The summed E-state index contributed by atoms with van der Waals surface area (Å²) in [6, 6.07) is 0.800. The number of nitrogens with one attached hydrogen (secondary N) is 1. The molecule has 0 aromatic carbocycles. The molecule has 0 aromatic heterocycles. The van der Waals surface area contributed by atoms with Crippen LogP contribution in [0, 0.1) is 11.8 Å². The van der Waals surface area contributed by atoms with Gasteiger partial charge in [0.25, 0.3) is 0 Å². The summed E-state index contributed by atoms with van der Waals surface area (Å²) in [5, 5.41) is 11.0. The predicted molar refractivity (Wildman–Crippen MR) is 67.0 cm³/mol. The van der Waals surface area contributed by atoms with Gasteiger partial charge in [-0.2, -0.15) is 0 Å². The van der Waals surface area contributed by atoms with E-state index in [-0.39, 0.29) is 6.61 Å². The Kier molecular flexibility index (Phi) is 9.12. The van der Waals surface area contributed by atoms with Gasteiger partial charge in [-0.15, -0.1) is 0 Å². The van der Waals surface area contributed by atoms with E-state index in [9.17, 15) is 0 Å². The smallest absolute Gasteiger partial charge is 0.0402 e. The Balaban J connectivity index is 0.000000583. The zero-order chi connectivity index (χ0) is 11.7. The quantitative estimate of drug-likeness (QED) is 0.759. The monoisotopic (exact) mass is 215 g/mol. The Morgan fingerprint density at radius 1 is 1.27 bits per heavy atom. The lowest BCUT2D eigenvalue weighted by atomic mass is 9.76. The molecule has 0 aromatic rings. The van der Waals surface area contributed by atoms with E-state index < -0.39 is 0 Å². The molecule has 0 bridgehead atoms. The molecule has 92 valence electrons. The summed E-state index contributed by atoms with van der Waals surface area (Å²) in [6.45, 7) is 6.65. The third-order valence-corrected chi connectivity index (χ3v) is 3.57. The lowest BCUT2D eigenvalue weighted by Crippen LogP contribution is -2.39. The Labute approximate surface area is 95.5 Å². The summed E-state index contributed by atoms with van der Waals surface area (Å²) in [5.74, 6) is 1.84. The third-order valence-electron chi connectivity index (χ3n) is 3.57. The summed E-state index contributed by atoms with van der Waals surface area (Å²) in [4.78, 5) is 0. The van der Waals surface area contributed by atoms with Gasteiger partial charge in [0.05, 0.1) is 0 Å². The van der Waals surface area contributed by atoms with E-state index in [4.69, 9.17) is 5.11 Å². The first-order valence-electron chi connectivity index (χ1n) is 6.49. The Hall–Kier alpha value is -0.0800. The maximum Gasteiger partial charge on any atom is 0.0402 e. The fraction of sp³-hybridized carbons (Fsp3) is 1.00. The lowest BCUT2D eigenvalue weighted by molar-refractivity contribution is 0.199. The van der Waals surface area contributed by atoms with Crippen LogP contribution in [0.2, 0.25) is 0 Å². The van der Waals surface area contributed by atoms with E-state index >= 15 is 0 Å². The minimum atomic E-state index is 0.250. The van der Waals surface area contributed by atoms with Gasteiger partial charge < -0.3 is 10.4 Å². The number of aliphatic hydroxyl groups is 1. The summed E-state index contributed by atoms with van der Waals surface area (Å²) >= 11 is 0. The van der Waals surface area contributed by atoms with E-state index in [0.29, 0.717) is 0 Å². The second kappa shape index (κ2) is 9.17. The molecular formula is C13H29NO. The molecule has 1 fully saturated rings. The lowest BCUT2D eigenvalue weighted by Gasteiger charge is -2.35. The normalized spacial score (nSPS) is 27.8. The van der Waals surface area contributed by atoms with Crippen molar-refractivity contribution in [2.45, 2.75) is 58.9 Å². The molecule has 1 aliphatic carbocycles. The molecule has 2 heteroatoms. The van der Waals surface area contributed by atoms with Crippen molar-refractivity contribution in [2.75, 3.05) is 13.7 Å². The van der Waals surface area contributed by atoms with Crippen molar-refractivity contribution in [1.29, 1.82) is 0 Å². The average Bonchev–Trinajstić information content (AvgIpc) is 2.29. The molecule has 3 atom stereocenters. The van der Waals surface area contributed by atoms with Crippen molar-refractivity contribution in [3.63, 3.8) is 0 Å². The molecule has 15 heavy (non-hydrogen) atoms. The van der Waals surface area contributed by atoms with Gasteiger partial charge in [0.2, 0.25) is 0 Å². The van der Waals surface area contributed by atoms with Crippen LogP contribution in [0.5, 0.6) is 0 Å². The standard InChI is InChI=1S/C11H23N.C2H6O/c1-4-9(2)10-7-5-6-8-11(10)12-3;1-2-3/h9-12H,4-8H2,1-3H3;3H,2H2,1H3. The van der Waals surface area contributed by atoms with Crippen molar-refractivity contribution in [2.24, 2.45) is 11.8 Å². The summed E-state index contributed by atoms with van der Waals surface area (Å²) < 4.78 is 0. The van der Waals surface area contributed by atoms with Crippen LogP contribution in [0.3, 0.4) is 0 Å². The van der Waals surface area contributed by atoms with Gasteiger partial charge in [-0.05, 0) is 38.6 Å². The molecule has 3 unspecified atom stereocenters. The van der Waals surface area contributed by atoms with Gasteiger partial charge in [0, 0.05) is 12.6 Å². The van der Waals surface area contributed by atoms with E-state index in [1.807, 2.05) is 0 Å². The van der Waals surface area contributed by atoms with Gasteiger partial charge in [-0.3, -0.25) is 0 Å². The Morgan fingerprint density at radius 3 is 2.27 bits per heavy atom. The van der Waals surface area contributed by atoms with Gasteiger partial charge in [0.15, 0.2) is 0 Å². The van der Waals surface area contributed by atoms with Crippen molar-refractivity contribution < 1.29 is 5.11 Å². The predicted octanol–water partition coefficient (Wildman–Crippen LogP) is 2.81. The first-order valence-corrected chi connectivity index (χ1v) is 6.49. The van der Waals surface area contributed by atoms with Crippen LogP contribution < -0.4 is 5.32 Å². The zero-order valence-electron chi connectivity index (χ0n) is 10.9. The van der Waals surface area contributed by atoms with Gasteiger partial charge in [-0.25, -0.2) is 0 Å². The molecule has 1 aliphatic rings. The average molecular weight is 215 g/mol. The van der Waals surface area contributed by atoms with Gasteiger partial charge in [-0.1, -0.05) is 33.1 Å². The molecule has 2 nitrogen and oxygen atoms in total. The van der Waals surface area contributed by atoms with Crippen LogP contribution in [0.25, 0.3) is 0 Å². The fourth-order valence-corrected chi connectivity index (χ4v) is 2.50. The third kappa shape index (κ3) is 5.53. The van der Waals surface area contributed by atoms with Crippen molar-refractivity contribution in [3.05, 3.63) is 0 Å². The maximum atomic E-state index is 7.57. The summed E-state index contributed by atoms with van der Waals surface area (Å²) in [5.41, 5.74) is 0. The highest BCUT2D eigenvalue weighted by Crippen LogP contribution is 2.31. The van der Waals surface area contributed by atoms with E-state index in [2.05, 4.69) is 26.2 Å². The minimum Gasteiger partial charge on any atom is -0.397 e. The van der Waals surface area contributed by atoms with E-state index in [0.717, 1.165) is 17.9 Å². The first kappa shape index (κ1) is 14.9. The number of rotatable bonds is 3. The van der Waals surface area contributed by atoms with Crippen molar-refractivity contribution in [3.8, 4) is 0 Å². The Morgan fingerprint density at radius 2 is 1.80 bits per heavy atom. The van der Waals surface area contributed by atoms with Crippen LogP contribution in [-0.4, -0.2) is 24.8 Å². The Bertz CT molecular complexity index is 138. The molecule has 0 radical (unpaired) electrons. The molecule has 1 rings (SSSR count). The number of aliphatic hydroxyl groups excluding tert-OH is 1. The molecule has 0 saturated heterocycles. The zero-order valence-corrected chi connectivity index (χ0v) is 10.9. The molecular weight excluding hydrogens is 186 g/mol. The van der Waals surface area contributed by atoms with Crippen LogP contribution in [0.15, 0.2) is 0 Å². The SMILES string of the molecule is CCC(C)C1CCCCC1NC.CCO. The fourth-order valence-electron chi connectivity index (χ4n) is 2.50. The highest BCUT2D eigenvalue weighted by molar-refractivity contribution is 4.82. The maximum absolute atomic E-state index is 7.57. The van der Waals surface area contributed by atoms with Crippen LogP contribution in [-0.2, 0) is 0 Å². The van der Waals surface area contributed by atoms with E-state index in [1.54, 1.807) is 6.92 Å². The molecule has 0 aliphatic heterocycles. The van der Waals surface area contributed by atoms with Crippen LogP contribution in [0.1, 0.15) is 52.9 Å². The first-order chi connectivity index (χ1) is 7.21. The topological polar surface area (TPSA) is 32.3 Å². The summed E-state index contributed by atoms with van der Waals surface area (Å²) in [7, 11) is 2.12. The van der Waals surface area contributed by atoms with Crippen molar-refractivity contribution >= 4 is 0 Å². The number of hydrogen-bond donors (Lipinski definition) is 2. The van der Waals surface area contributed by atoms with Crippen molar-refractivity contribution in [1.82, 2.24) is 5.32 Å². The van der Waals surface area contributed by atoms with Gasteiger partial charge in [0.1, 0.15) is 0 Å². The minimum absolute atomic E-state index is 0.250. The van der Waals surface area contributed by atoms with Crippen LogP contribution >= 0.6 is 0 Å². The highest BCUT2D eigenvalue weighted by atomic mass is 16.2. The summed E-state index contributed by atoms with van der Waals surface area (Å²) in [6.07, 6.45) is 7.06. The van der Waals surface area contributed by atoms with Crippen LogP contribution in [0.4, 0.5) is 0 Å². The molecule has 0 heterocycles. The second-order valence-electron chi connectivity index (χ2n) is 4.55. The largest absolute Gasteiger partial charge is 0.397 e. The van der Waals surface area contributed by atoms with Gasteiger partial charge >= 0.3 is 0 Å². The molecule has 1 saturated carbocycles. The highest BCUT2D eigenvalue weighted by Gasteiger charge is 2.26. The molecule has 2 N–H and O–H groups in total.